The summed E-state index contributed by atoms with van der Waals surface area (Å²) in [5.41, 5.74) is -0.198. The summed E-state index contributed by atoms with van der Waals surface area (Å²) < 4.78 is 70.6. The van der Waals surface area contributed by atoms with Gasteiger partial charge in [-0.3, -0.25) is 0 Å². The average molecular weight is 434 g/mol. The lowest BCUT2D eigenvalue weighted by molar-refractivity contribution is -0.145. The molecule has 0 unspecified atom stereocenters. The largest absolute Gasteiger partial charge is 0.451 e. The average Bonchev–Trinajstić information content (AvgIpc) is 2.58. The van der Waals surface area contributed by atoms with E-state index in [0.717, 1.165) is 45.1 Å². The van der Waals surface area contributed by atoms with Crippen molar-refractivity contribution in [2.75, 3.05) is 33.4 Å². The molecule has 0 N–H and O–H groups in total. The van der Waals surface area contributed by atoms with Crippen molar-refractivity contribution in [2.45, 2.75) is 55.8 Å². The second kappa shape index (κ2) is 7.14. The summed E-state index contributed by atoms with van der Waals surface area (Å²) in [4.78, 5) is 8.71. The van der Waals surface area contributed by atoms with Crippen molar-refractivity contribution < 1.29 is 26.3 Å². The van der Waals surface area contributed by atoms with E-state index >= 15 is 0 Å². The zero-order chi connectivity index (χ0) is 21.0. The molecule has 0 amide bonds. The molecule has 2 aliphatic heterocycles. The van der Waals surface area contributed by atoms with Crippen LogP contribution in [0.4, 0.5) is 13.2 Å². The third-order valence-corrected chi connectivity index (χ3v) is 8.40. The fraction of sp³-hybridized carbons (Fsp3) is 0.778. The van der Waals surface area contributed by atoms with Gasteiger partial charge in [0.15, 0.2) is 0 Å². The third-order valence-electron chi connectivity index (χ3n) is 6.51. The number of alkyl halides is 3. The Labute approximate surface area is 168 Å². The highest BCUT2D eigenvalue weighted by Gasteiger charge is 2.57. The highest BCUT2D eigenvalue weighted by molar-refractivity contribution is 7.89. The molecule has 0 atom stereocenters. The first kappa shape index (κ1) is 21.0. The Kier molecular flexibility index (Phi) is 5.16. The molecule has 0 bridgehead atoms. The number of aromatic nitrogens is 2. The van der Waals surface area contributed by atoms with Gasteiger partial charge in [0.25, 0.3) is 0 Å². The molecule has 3 aliphatic rings. The van der Waals surface area contributed by atoms with E-state index in [2.05, 4.69) is 21.9 Å². The van der Waals surface area contributed by atoms with E-state index in [-0.39, 0.29) is 16.0 Å². The minimum Gasteiger partial charge on any atom is -0.381 e. The van der Waals surface area contributed by atoms with Crippen LogP contribution in [-0.4, -0.2) is 73.0 Å². The van der Waals surface area contributed by atoms with E-state index in [1.165, 1.54) is 11.2 Å². The Bertz CT molecular complexity index is 873. The zero-order valence-electron chi connectivity index (χ0n) is 16.4. The van der Waals surface area contributed by atoms with Crippen molar-refractivity contribution in [3.05, 3.63) is 17.7 Å². The van der Waals surface area contributed by atoms with Crippen molar-refractivity contribution in [1.82, 2.24) is 19.2 Å². The van der Waals surface area contributed by atoms with Crippen LogP contribution in [0.5, 0.6) is 0 Å². The fourth-order valence-electron chi connectivity index (χ4n) is 4.73. The molecule has 1 saturated carbocycles. The number of sulfonamides is 1. The summed E-state index contributed by atoms with van der Waals surface area (Å²) in [5.74, 6) is -1.33. The van der Waals surface area contributed by atoms with E-state index < -0.39 is 22.0 Å². The molecule has 11 heteroatoms. The first-order chi connectivity index (χ1) is 13.5. The summed E-state index contributed by atoms with van der Waals surface area (Å²) in [6.45, 7) is 3.63. The molecule has 1 spiro atoms. The summed E-state index contributed by atoms with van der Waals surface area (Å²) in [6.07, 6.45) is -0.00851. The summed E-state index contributed by atoms with van der Waals surface area (Å²) >= 11 is 0. The van der Waals surface area contributed by atoms with Crippen LogP contribution in [0.15, 0.2) is 11.1 Å². The van der Waals surface area contributed by atoms with Gasteiger partial charge in [-0.25, -0.2) is 18.4 Å². The maximum atomic E-state index is 12.8. The first-order valence-corrected chi connectivity index (χ1v) is 11.2. The van der Waals surface area contributed by atoms with Gasteiger partial charge in [0.2, 0.25) is 15.8 Å². The first-order valence-electron chi connectivity index (χ1n) is 9.73. The van der Waals surface area contributed by atoms with Crippen LogP contribution in [-0.2, 0) is 20.9 Å². The van der Waals surface area contributed by atoms with Crippen molar-refractivity contribution in [3.63, 3.8) is 0 Å². The van der Waals surface area contributed by atoms with Crippen LogP contribution in [0.3, 0.4) is 0 Å². The minimum absolute atomic E-state index is 0.0160. The molecular weight excluding hydrogens is 409 g/mol. The van der Waals surface area contributed by atoms with Gasteiger partial charge in [-0.15, -0.1) is 0 Å². The standard InChI is InChI=1S/C18H25F3N4O3S/c1-12-15(9-22-16(23-12)18(19,20)21)29(26,27)25-10-17(11-25)7-14(8-17)24(2)13-3-5-28-6-4-13/h9,13-14H,3-8,10-11H2,1-2H3. The monoisotopic (exact) mass is 434 g/mol. The lowest BCUT2D eigenvalue weighted by Crippen LogP contribution is -2.67. The highest BCUT2D eigenvalue weighted by atomic mass is 32.2. The number of halogens is 3. The molecule has 2 saturated heterocycles. The molecule has 162 valence electrons. The molecule has 29 heavy (non-hydrogen) atoms. The van der Waals surface area contributed by atoms with Gasteiger partial charge in [-0.1, -0.05) is 0 Å². The maximum absolute atomic E-state index is 12.8. The number of hydrogen-bond acceptors (Lipinski definition) is 6. The second-order valence-corrected chi connectivity index (χ2v) is 10.4. The molecule has 7 nitrogen and oxygen atoms in total. The lowest BCUT2D eigenvalue weighted by atomic mass is 9.61. The summed E-state index contributed by atoms with van der Waals surface area (Å²) in [5, 5.41) is 0. The SMILES string of the molecule is Cc1nc(C(F)(F)F)ncc1S(=O)(=O)N1CC2(CC(N(C)C3CCOCC3)C2)C1. The normalized spacial score (nSPS) is 23.9. The lowest BCUT2D eigenvalue weighted by Gasteiger charge is -2.60. The molecular formula is C18H25F3N4O3S. The highest BCUT2D eigenvalue weighted by Crippen LogP contribution is 2.52. The van der Waals surface area contributed by atoms with Crippen molar-refractivity contribution in [1.29, 1.82) is 0 Å². The van der Waals surface area contributed by atoms with E-state index in [1.54, 1.807) is 0 Å². The predicted molar refractivity (Wildman–Crippen MR) is 97.6 cm³/mol. The van der Waals surface area contributed by atoms with E-state index in [9.17, 15) is 21.6 Å². The Morgan fingerprint density at radius 1 is 1.21 bits per heavy atom. The third kappa shape index (κ3) is 3.77. The Balaban J connectivity index is 1.37. The van der Waals surface area contributed by atoms with Crippen molar-refractivity contribution >= 4 is 10.0 Å². The number of hydrogen-bond donors (Lipinski definition) is 0. The summed E-state index contributed by atoms with van der Waals surface area (Å²) in [6, 6.07) is 0.956. The van der Waals surface area contributed by atoms with Gasteiger partial charge < -0.3 is 9.64 Å². The van der Waals surface area contributed by atoms with Crippen molar-refractivity contribution in [3.8, 4) is 0 Å². The van der Waals surface area contributed by atoms with Gasteiger partial charge >= 0.3 is 6.18 Å². The maximum Gasteiger partial charge on any atom is 0.451 e. The van der Waals surface area contributed by atoms with Gasteiger partial charge in [-0.05, 0) is 39.7 Å². The number of ether oxygens (including phenoxy) is 1. The van der Waals surface area contributed by atoms with E-state index in [0.29, 0.717) is 25.2 Å². The fourth-order valence-corrected chi connectivity index (χ4v) is 6.50. The van der Waals surface area contributed by atoms with E-state index in [1.807, 2.05) is 0 Å². The van der Waals surface area contributed by atoms with Crippen molar-refractivity contribution in [2.24, 2.45) is 5.41 Å². The molecule has 0 aromatic carbocycles. The van der Waals surface area contributed by atoms with Crippen LogP contribution >= 0.6 is 0 Å². The molecule has 1 aromatic heterocycles. The van der Waals surface area contributed by atoms with Gasteiger partial charge in [0.05, 0.1) is 11.9 Å². The van der Waals surface area contributed by atoms with Crippen LogP contribution in [0.1, 0.15) is 37.2 Å². The molecule has 1 aromatic rings. The Hall–Kier alpha value is -1.30. The number of aryl methyl sites for hydroxylation is 1. The second-order valence-electron chi connectivity index (χ2n) is 8.49. The molecule has 0 radical (unpaired) electrons. The van der Waals surface area contributed by atoms with Crippen LogP contribution in [0.2, 0.25) is 0 Å². The smallest absolute Gasteiger partial charge is 0.381 e. The Morgan fingerprint density at radius 3 is 2.38 bits per heavy atom. The summed E-state index contributed by atoms with van der Waals surface area (Å²) in [7, 11) is -1.76. The topological polar surface area (TPSA) is 75.6 Å². The van der Waals surface area contributed by atoms with E-state index in [4.69, 9.17) is 4.74 Å². The molecule has 1 aliphatic carbocycles. The van der Waals surface area contributed by atoms with Crippen LogP contribution < -0.4 is 0 Å². The predicted octanol–water partition coefficient (Wildman–Crippen LogP) is 2.07. The van der Waals surface area contributed by atoms with Crippen LogP contribution in [0.25, 0.3) is 0 Å². The number of rotatable bonds is 4. The number of nitrogens with zero attached hydrogens (tertiary/aromatic N) is 4. The van der Waals surface area contributed by atoms with Gasteiger partial charge in [0, 0.05) is 43.8 Å². The minimum atomic E-state index is -4.70. The molecule has 4 rings (SSSR count). The zero-order valence-corrected chi connectivity index (χ0v) is 17.3. The molecule has 3 fully saturated rings. The quantitative estimate of drug-likeness (QED) is 0.722. The molecule has 3 heterocycles. The van der Waals surface area contributed by atoms with Crippen LogP contribution in [0, 0.1) is 12.3 Å². The van der Waals surface area contributed by atoms with Gasteiger partial charge in [0.1, 0.15) is 4.90 Å². The van der Waals surface area contributed by atoms with Gasteiger partial charge in [-0.2, -0.15) is 17.5 Å². The Morgan fingerprint density at radius 2 is 1.83 bits per heavy atom.